The molecule has 1 rings (SSSR count). The average molecular weight is 188 g/mol. The van der Waals surface area contributed by atoms with Crippen molar-refractivity contribution < 1.29 is 4.74 Å². The van der Waals surface area contributed by atoms with Crippen LogP contribution in [0.5, 0.6) is 5.88 Å². The van der Waals surface area contributed by atoms with Crippen LogP contribution < -0.4 is 10.1 Å². The van der Waals surface area contributed by atoms with Crippen LogP contribution in [-0.2, 0) is 0 Å². The van der Waals surface area contributed by atoms with Gasteiger partial charge in [0.25, 0.3) is 0 Å². The van der Waals surface area contributed by atoms with E-state index in [1.54, 1.807) is 0 Å². The zero-order valence-corrected chi connectivity index (χ0v) is 7.51. The van der Waals surface area contributed by atoms with Gasteiger partial charge in [0.1, 0.15) is 18.0 Å². The van der Waals surface area contributed by atoms with Crippen LogP contribution in [0, 0.1) is 0 Å². The van der Waals surface area contributed by atoms with E-state index in [-0.39, 0.29) is 0 Å². The molecule has 0 aliphatic carbocycles. The zero-order chi connectivity index (χ0) is 8.81. The SMILES string of the molecule is CNCCOc1ncncc1Cl. The fraction of sp³-hybridized carbons (Fsp3) is 0.429. The second-order valence-electron chi connectivity index (χ2n) is 2.13. The molecule has 0 saturated heterocycles. The Morgan fingerprint density at radius 1 is 1.67 bits per heavy atom. The first kappa shape index (κ1) is 9.22. The number of ether oxygens (including phenoxy) is 1. The van der Waals surface area contributed by atoms with Crippen LogP contribution in [0.3, 0.4) is 0 Å². The molecule has 0 aliphatic rings. The lowest BCUT2D eigenvalue weighted by Gasteiger charge is -2.04. The van der Waals surface area contributed by atoms with Crippen molar-refractivity contribution >= 4 is 11.6 Å². The lowest BCUT2D eigenvalue weighted by Crippen LogP contribution is -2.16. The topological polar surface area (TPSA) is 47.0 Å². The molecule has 5 heteroatoms. The lowest BCUT2D eigenvalue weighted by atomic mass is 10.6. The van der Waals surface area contributed by atoms with Gasteiger partial charge >= 0.3 is 0 Å². The number of nitrogens with one attached hydrogen (secondary N) is 1. The van der Waals surface area contributed by atoms with Gasteiger partial charge in [-0.25, -0.2) is 9.97 Å². The molecular formula is C7H10ClN3O. The largest absolute Gasteiger partial charge is 0.475 e. The van der Waals surface area contributed by atoms with Crippen molar-refractivity contribution in [3.8, 4) is 5.88 Å². The second kappa shape index (κ2) is 4.90. The minimum Gasteiger partial charge on any atom is -0.475 e. The van der Waals surface area contributed by atoms with Crippen molar-refractivity contribution in [3.63, 3.8) is 0 Å². The van der Waals surface area contributed by atoms with Gasteiger partial charge in [0, 0.05) is 6.54 Å². The Hall–Kier alpha value is -0.870. The molecule has 0 fully saturated rings. The molecule has 1 aromatic rings. The van der Waals surface area contributed by atoms with E-state index in [1.807, 2.05) is 7.05 Å². The molecule has 0 atom stereocenters. The van der Waals surface area contributed by atoms with E-state index in [1.165, 1.54) is 12.5 Å². The predicted molar refractivity (Wildman–Crippen MR) is 46.5 cm³/mol. The van der Waals surface area contributed by atoms with E-state index < -0.39 is 0 Å². The van der Waals surface area contributed by atoms with Gasteiger partial charge in [-0.15, -0.1) is 0 Å². The molecule has 0 spiro atoms. The van der Waals surface area contributed by atoms with E-state index in [0.717, 1.165) is 6.54 Å². The quantitative estimate of drug-likeness (QED) is 0.706. The number of hydrogen-bond acceptors (Lipinski definition) is 4. The maximum atomic E-state index is 5.73. The fourth-order valence-corrected chi connectivity index (χ4v) is 0.817. The first-order valence-electron chi connectivity index (χ1n) is 3.57. The summed E-state index contributed by atoms with van der Waals surface area (Å²) in [7, 11) is 1.85. The normalized spacial score (nSPS) is 9.83. The number of likely N-dealkylation sites (N-methyl/N-ethyl adjacent to an activating group) is 1. The molecule has 1 heterocycles. The highest BCUT2D eigenvalue weighted by Crippen LogP contribution is 2.17. The van der Waals surface area contributed by atoms with Gasteiger partial charge in [0.15, 0.2) is 0 Å². The molecule has 0 bridgehead atoms. The standard InChI is InChI=1S/C7H10ClN3O/c1-9-2-3-12-7-6(8)4-10-5-11-7/h4-5,9H,2-3H2,1H3. The maximum absolute atomic E-state index is 5.73. The molecule has 1 N–H and O–H groups in total. The summed E-state index contributed by atoms with van der Waals surface area (Å²) < 4.78 is 5.23. The van der Waals surface area contributed by atoms with Crippen molar-refractivity contribution in [2.45, 2.75) is 0 Å². The molecule has 66 valence electrons. The summed E-state index contributed by atoms with van der Waals surface area (Å²) >= 11 is 5.73. The van der Waals surface area contributed by atoms with Crippen molar-refractivity contribution in [1.82, 2.24) is 15.3 Å². The van der Waals surface area contributed by atoms with E-state index in [9.17, 15) is 0 Å². The third-order valence-electron chi connectivity index (χ3n) is 1.22. The number of hydrogen-bond donors (Lipinski definition) is 1. The van der Waals surface area contributed by atoms with Crippen LogP contribution in [0.25, 0.3) is 0 Å². The molecule has 0 aliphatic heterocycles. The van der Waals surface area contributed by atoms with Gasteiger partial charge < -0.3 is 10.1 Å². The van der Waals surface area contributed by atoms with Gasteiger partial charge in [-0.2, -0.15) is 0 Å². The van der Waals surface area contributed by atoms with Crippen molar-refractivity contribution in [2.75, 3.05) is 20.2 Å². The predicted octanol–water partition coefficient (Wildman–Crippen LogP) is 0.728. The van der Waals surface area contributed by atoms with Crippen molar-refractivity contribution in [1.29, 1.82) is 0 Å². The summed E-state index contributed by atoms with van der Waals surface area (Å²) in [6, 6.07) is 0. The fourth-order valence-electron chi connectivity index (χ4n) is 0.657. The monoisotopic (exact) mass is 187 g/mol. The maximum Gasteiger partial charge on any atom is 0.235 e. The summed E-state index contributed by atoms with van der Waals surface area (Å²) in [5, 5.41) is 3.38. The van der Waals surface area contributed by atoms with Crippen LogP contribution in [0.2, 0.25) is 5.02 Å². The average Bonchev–Trinajstić information content (AvgIpc) is 2.09. The van der Waals surface area contributed by atoms with Crippen LogP contribution in [0.15, 0.2) is 12.5 Å². The highest BCUT2D eigenvalue weighted by Gasteiger charge is 2.00. The molecular weight excluding hydrogens is 178 g/mol. The van der Waals surface area contributed by atoms with E-state index in [0.29, 0.717) is 17.5 Å². The van der Waals surface area contributed by atoms with Crippen LogP contribution in [0.4, 0.5) is 0 Å². The molecule has 0 radical (unpaired) electrons. The molecule has 4 nitrogen and oxygen atoms in total. The molecule has 0 amide bonds. The summed E-state index contributed by atoms with van der Waals surface area (Å²) in [5.41, 5.74) is 0. The van der Waals surface area contributed by atoms with Crippen LogP contribution >= 0.6 is 11.6 Å². The van der Waals surface area contributed by atoms with Crippen LogP contribution in [0.1, 0.15) is 0 Å². The number of aromatic nitrogens is 2. The third-order valence-corrected chi connectivity index (χ3v) is 1.48. The Labute approximate surface area is 75.9 Å². The number of halogens is 1. The Morgan fingerprint density at radius 2 is 2.50 bits per heavy atom. The number of nitrogens with zero attached hydrogens (tertiary/aromatic N) is 2. The van der Waals surface area contributed by atoms with E-state index >= 15 is 0 Å². The van der Waals surface area contributed by atoms with E-state index in [4.69, 9.17) is 16.3 Å². The van der Waals surface area contributed by atoms with Gasteiger partial charge in [-0.3, -0.25) is 0 Å². The Kier molecular flexibility index (Phi) is 3.76. The third kappa shape index (κ3) is 2.64. The van der Waals surface area contributed by atoms with Crippen LogP contribution in [-0.4, -0.2) is 30.2 Å². The van der Waals surface area contributed by atoms with Gasteiger partial charge in [0.2, 0.25) is 5.88 Å². The Balaban J connectivity index is 2.46. The molecule has 0 unspecified atom stereocenters. The summed E-state index contributed by atoms with van der Waals surface area (Å²) in [6.07, 6.45) is 2.91. The first-order valence-corrected chi connectivity index (χ1v) is 3.95. The lowest BCUT2D eigenvalue weighted by molar-refractivity contribution is 0.306. The minimum absolute atomic E-state index is 0.432. The Bertz CT molecular complexity index is 244. The molecule has 1 aromatic heterocycles. The first-order chi connectivity index (χ1) is 5.84. The van der Waals surface area contributed by atoms with Crippen molar-refractivity contribution in [2.24, 2.45) is 0 Å². The smallest absolute Gasteiger partial charge is 0.235 e. The highest BCUT2D eigenvalue weighted by atomic mass is 35.5. The molecule has 0 saturated carbocycles. The second-order valence-corrected chi connectivity index (χ2v) is 2.54. The summed E-state index contributed by atoms with van der Waals surface area (Å²) in [4.78, 5) is 7.59. The number of rotatable bonds is 4. The molecule has 0 aromatic carbocycles. The van der Waals surface area contributed by atoms with Crippen molar-refractivity contribution in [3.05, 3.63) is 17.5 Å². The van der Waals surface area contributed by atoms with Gasteiger partial charge in [0.05, 0.1) is 6.20 Å². The van der Waals surface area contributed by atoms with Gasteiger partial charge in [-0.1, -0.05) is 11.6 Å². The minimum atomic E-state index is 0.432. The zero-order valence-electron chi connectivity index (χ0n) is 6.75. The summed E-state index contributed by atoms with van der Waals surface area (Å²) in [6.45, 7) is 1.31. The molecule has 12 heavy (non-hydrogen) atoms. The highest BCUT2D eigenvalue weighted by molar-refractivity contribution is 6.31. The summed E-state index contributed by atoms with van der Waals surface area (Å²) in [5.74, 6) is 0.432. The Morgan fingerprint density at radius 3 is 3.17 bits per heavy atom. The van der Waals surface area contributed by atoms with E-state index in [2.05, 4.69) is 15.3 Å². The van der Waals surface area contributed by atoms with Gasteiger partial charge in [-0.05, 0) is 7.05 Å².